The molecule has 0 saturated heterocycles. The number of carbonyl (C=O) groups excluding carboxylic acids is 1. The van der Waals surface area contributed by atoms with Gasteiger partial charge in [0.2, 0.25) is 0 Å². The van der Waals surface area contributed by atoms with Crippen molar-refractivity contribution < 1.29 is 13.9 Å². The van der Waals surface area contributed by atoms with Crippen molar-refractivity contribution in [3.63, 3.8) is 0 Å². The van der Waals surface area contributed by atoms with Crippen molar-refractivity contribution in [3.8, 4) is 22.8 Å². The number of ether oxygens (including phenoxy) is 1. The molecule has 0 aliphatic carbocycles. The second-order valence-corrected chi connectivity index (χ2v) is 6.10. The molecule has 0 bridgehead atoms. The number of nitrogens with two attached hydrogens (primary N) is 1. The van der Waals surface area contributed by atoms with Crippen molar-refractivity contribution in [3.05, 3.63) is 70.5 Å². The lowest BCUT2D eigenvalue weighted by atomic mass is 10.2. The summed E-state index contributed by atoms with van der Waals surface area (Å²) in [6, 6.07) is 12.7. The lowest BCUT2D eigenvalue weighted by Gasteiger charge is -2.11. The summed E-state index contributed by atoms with van der Waals surface area (Å²) in [6.07, 6.45) is 0. The number of benzene rings is 2. The van der Waals surface area contributed by atoms with Crippen LogP contribution in [0.5, 0.6) is 5.75 Å². The Morgan fingerprint density at radius 1 is 1.17 bits per heavy atom. The van der Waals surface area contributed by atoms with Crippen LogP contribution in [0.1, 0.15) is 17.4 Å². The van der Waals surface area contributed by atoms with E-state index in [0.717, 1.165) is 0 Å². The Labute approximate surface area is 163 Å². The summed E-state index contributed by atoms with van der Waals surface area (Å²) in [5, 5.41) is 0. The smallest absolute Gasteiger partial charge is 0.332 e. The number of H-pyrrole nitrogens is 1. The molecule has 29 heavy (non-hydrogen) atoms. The normalized spacial score (nSPS) is 11.0. The molecular weight excluding hydrogens is 377 g/mol. The molecule has 0 radical (unpaired) electrons. The Bertz CT molecular complexity index is 1300. The van der Waals surface area contributed by atoms with Crippen molar-refractivity contribution in [2.45, 2.75) is 6.92 Å². The number of hydrogen-bond donors (Lipinski definition) is 2. The Morgan fingerprint density at radius 2 is 1.90 bits per heavy atom. The van der Waals surface area contributed by atoms with Crippen LogP contribution in [0, 0.1) is 5.82 Å². The van der Waals surface area contributed by atoms with Crippen LogP contribution in [0.25, 0.3) is 28.2 Å². The molecule has 9 heteroatoms. The maximum Gasteiger partial charge on any atom is 0.332 e. The fourth-order valence-corrected chi connectivity index (χ4v) is 3.07. The number of nitrogens with one attached hydrogen (secondary N) is 1. The van der Waals surface area contributed by atoms with Crippen LogP contribution in [-0.2, 0) is 0 Å². The summed E-state index contributed by atoms with van der Waals surface area (Å²) in [6.45, 7) is 2.20. The quantitative estimate of drug-likeness (QED) is 0.540. The largest absolute Gasteiger partial charge is 0.492 e. The van der Waals surface area contributed by atoms with Crippen molar-refractivity contribution in [2.75, 3.05) is 6.61 Å². The number of aromatic amines is 1. The van der Waals surface area contributed by atoms with Gasteiger partial charge >= 0.3 is 5.69 Å². The minimum atomic E-state index is -0.874. The van der Waals surface area contributed by atoms with Gasteiger partial charge in [-0.2, -0.15) is 0 Å². The van der Waals surface area contributed by atoms with E-state index in [2.05, 4.69) is 15.0 Å². The molecule has 146 valence electrons. The summed E-state index contributed by atoms with van der Waals surface area (Å²) >= 11 is 0. The minimum Gasteiger partial charge on any atom is -0.492 e. The van der Waals surface area contributed by atoms with Crippen molar-refractivity contribution in [1.29, 1.82) is 0 Å². The minimum absolute atomic E-state index is 0.0638. The zero-order chi connectivity index (χ0) is 20.5. The van der Waals surface area contributed by atoms with E-state index in [9.17, 15) is 14.0 Å². The zero-order valence-corrected chi connectivity index (χ0v) is 15.3. The lowest BCUT2D eigenvalue weighted by molar-refractivity contribution is 0.0997. The van der Waals surface area contributed by atoms with Gasteiger partial charge in [0.05, 0.1) is 17.9 Å². The first kappa shape index (κ1) is 18.4. The molecule has 2 aromatic heterocycles. The van der Waals surface area contributed by atoms with Crippen LogP contribution < -0.4 is 16.2 Å². The molecule has 0 unspecified atom stereocenters. The second-order valence-electron chi connectivity index (χ2n) is 6.10. The fraction of sp³-hybridized carbons (Fsp3) is 0.100. The Balaban J connectivity index is 2.08. The molecule has 4 rings (SSSR count). The molecule has 1 amide bonds. The summed E-state index contributed by atoms with van der Waals surface area (Å²) in [7, 11) is 0. The Morgan fingerprint density at radius 3 is 2.62 bits per heavy atom. The van der Waals surface area contributed by atoms with E-state index < -0.39 is 17.4 Å². The van der Waals surface area contributed by atoms with Gasteiger partial charge in [-0.15, -0.1) is 0 Å². The van der Waals surface area contributed by atoms with Gasteiger partial charge in [0.25, 0.3) is 5.91 Å². The van der Waals surface area contributed by atoms with Crippen LogP contribution in [0.4, 0.5) is 4.39 Å². The first-order valence-electron chi connectivity index (χ1n) is 8.81. The first-order valence-corrected chi connectivity index (χ1v) is 8.81. The van der Waals surface area contributed by atoms with Gasteiger partial charge in [-0.05, 0) is 31.2 Å². The molecule has 2 heterocycles. The topological polar surface area (TPSA) is 116 Å². The highest BCUT2D eigenvalue weighted by Gasteiger charge is 2.22. The number of carbonyl (C=O) groups is 1. The van der Waals surface area contributed by atoms with E-state index >= 15 is 0 Å². The highest BCUT2D eigenvalue weighted by atomic mass is 19.1. The monoisotopic (exact) mass is 393 g/mol. The Kier molecular flexibility index (Phi) is 4.55. The van der Waals surface area contributed by atoms with Gasteiger partial charge in [-0.1, -0.05) is 24.3 Å². The van der Waals surface area contributed by atoms with Crippen molar-refractivity contribution in [2.24, 2.45) is 5.73 Å². The zero-order valence-electron chi connectivity index (χ0n) is 15.3. The second kappa shape index (κ2) is 7.19. The van der Waals surface area contributed by atoms with E-state index in [4.69, 9.17) is 10.5 Å². The predicted molar refractivity (Wildman–Crippen MR) is 105 cm³/mol. The maximum absolute atomic E-state index is 14.3. The van der Waals surface area contributed by atoms with E-state index in [1.165, 1.54) is 22.8 Å². The van der Waals surface area contributed by atoms with Gasteiger partial charge in [0.15, 0.2) is 17.2 Å². The van der Waals surface area contributed by atoms with Crippen LogP contribution >= 0.6 is 0 Å². The van der Waals surface area contributed by atoms with Gasteiger partial charge in [-0.3, -0.25) is 4.79 Å². The summed E-state index contributed by atoms with van der Waals surface area (Å²) < 4.78 is 21.2. The molecule has 0 aliphatic heterocycles. The molecule has 0 atom stereocenters. The number of primary amides is 1. The highest BCUT2D eigenvalue weighted by molar-refractivity contribution is 6.02. The number of nitrogens with zero attached hydrogens (tertiary/aromatic N) is 3. The van der Waals surface area contributed by atoms with Gasteiger partial charge in [-0.25, -0.2) is 23.7 Å². The number of fused-ring (bicyclic) bond motifs is 1. The molecule has 0 fully saturated rings. The highest BCUT2D eigenvalue weighted by Crippen LogP contribution is 2.27. The van der Waals surface area contributed by atoms with Crippen LogP contribution in [0.2, 0.25) is 0 Å². The third kappa shape index (κ3) is 3.12. The summed E-state index contributed by atoms with van der Waals surface area (Å²) in [4.78, 5) is 35.8. The average Bonchev–Trinajstić information content (AvgIpc) is 3.03. The third-order valence-electron chi connectivity index (χ3n) is 4.29. The van der Waals surface area contributed by atoms with E-state index in [1.54, 1.807) is 30.3 Å². The first-order chi connectivity index (χ1) is 14.0. The third-order valence-corrected chi connectivity index (χ3v) is 4.29. The number of imidazole rings is 1. The van der Waals surface area contributed by atoms with Gasteiger partial charge in [0, 0.05) is 0 Å². The molecule has 2 aromatic carbocycles. The fourth-order valence-electron chi connectivity index (χ4n) is 3.07. The van der Waals surface area contributed by atoms with Crippen molar-refractivity contribution >= 4 is 17.1 Å². The molecule has 3 N–H and O–H groups in total. The molecular formula is C20H16FN5O3. The van der Waals surface area contributed by atoms with Crippen molar-refractivity contribution in [1.82, 2.24) is 19.5 Å². The molecule has 0 saturated carbocycles. The molecule has 8 nitrogen and oxygen atoms in total. The molecule has 4 aromatic rings. The van der Waals surface area contributed by atoms with Crippen LogP contribution in [-0.4, -0.2) is 32.0 Å². The van der Waals surface area contributed by atoms with Gasteiger partial charge < -0.3 is 15.5 Å². The lowest BCUT2D eigenvalue weighted by Crippen LogP contribution is -2.16. The van der Waals surface area contributed by atoms with E-state index in [-0.39, 0.29) is 28.2 Å². The SMILES string of the molecule is CCOc1ccccc1-n1c(=O)[nH]c2c(C(N)=O)nc(-c3ccccc3F)nc21. The van der Waals surface area contributed by atoms with E-state index in [1.807, 2.05) is 6.92 Å². The standard InChI is InChI=1S/C20H16FN5O3/c1-2-29-14-10-6-5-9-13(14)26-19-16(24-20(26)28)15(17(22)27)23-18(25-19)11-7-3-4-8-12(11)21/h3-10H,2H2,1H3,(H2,22,27)(H,24,28). The number of hydrogen-bond acceptors (Lipinski definition) is 5. The molecule has 0 spiro atoms. The number of para-hydroxylation sites is 2. The van der Waals surface area contributed by atoms with Crippen LogP contribution in [0.15, 0.2) is 53.3 Å². The summed E-state index contributed by atoms with van der Waals surface area (Å²) in [5.74, 6) is -1.06. The number of amides is 1. The number of halogens is 1. The maximum atomic E-state index is 14.3. The summed E-state index contributed by atoms with van der Waals surface area (Å²) in [5.41, 5.74) is 5.34. The number of aromatic nitrogens is 4. The number of rotatable bonds is 5. The molecule has 0 aliphatic rings. The Hall–Kier alpha value is -4.01. The van der Waals surface area contributed by atoms with Gasteiger partial charge in [0.1, 0.15) is 17.1 Å². The van der Waals surface area contributed by atoms with E-state index in [0.29, 0.717) is 18.0 Å². The average molecular weight is 393 g/mol. The predicted octanol–water partition coefficient (Wildman–Crippen LogP) is 2.41. The van der Waals surface area contributed by atoms with Crippen LogP contribution in [0.3, 0.4) is 0 Å².